The van der Waals surface area contributed by atoms with Gasteiger partial charge < -0.3 is 0 Å². The monoisotopic (exact) mass is 265 g/mol. The van der Waals surface area contributed by atoms with Crippen molar-refractivity contribution >= 4 is 66.4 Å². The number of halogens is 4. The van der Waals surface area contributed by atoms with Gasteiger partial charge in [-0.3, -0.25) is 0 Å². The summed E-state index contributed by atoms with van der Waals surface area (Å²) in [6, 6.07) is 0. The maximum absolute atomic E-state index is 2.19. The zero-order valence-electron chi connectivity index (χ0n) is 5.08. The van der Waals surface area contributed by atoms with E-state index in [2.05, 4.69) is 18.0 Å². The van der Waals surface area contributed by atoms with Gasteiger partial charge in [-0.1, -0.05) is 0 Å². The van der Waals surface area contributed by atoms with Crippen molar-refractivity contribution < 1.29 is 0 Å². The van der Waals surface area contributed by atoms with Crippen molar-refractivity contribution in [2.75, 3.05) is 14.1 Å². The van der Waals surface area contributed by atoms with Gasteiger partial charge in [-0.15, -0.1) is 49.6 Å². The van der Waals surface area contributed by atoms with Gasteiger partial charge in [-0.25, -0.2) is 0 Å². The second-order valence-corrected chi connectivity index (χ2v) is 5.09. The van der Waals surface area contributed by atoms with Gasteiger partial charge in [0.05, 0.1) is 0 Å². The zero-order valence-corrected chi connectivity index (χ0v) is 12.5. The Morgan fingerprint density at radius 3 is 0.875 bits per heavy atom. The Bertz CT molecular complexity index is 18.8. The average Bonchev–Trinajstić information content (AvgIpc) is 0.811. The Morgan fingerprint density at radius 1 is 0.875 bits per heavy atom. The Hall–Kier alpha value is 1.66. The first-order valence-corrected chi connectivity index (χ1v) is 3.22. The van der Waals surface area contributed by atoms with Crippen LogP contribution in [0.15, 0.2) is 0 Å². The molecule has 0 saturated heterocycles. The van der Waals surface area contributed by atoms with Crippen molar-refractivity contribution in [2.45, 2.75) is 0 Å². The minimum Gasteiger partial charge on any atom is -0.147 e. The Kier molecular flexibility index (Phi) is 97.5. The molecule has 58 valence electrons. The third-order valence-corrected chi connectivity index (χ3v) is 0. The molecule has 0 aromatic heterocycles. The molecule has 0 aliphatic carbocycles. The predicted octanol–water partition coefficient (Wildman–Crippen LogP) is 0.516. The van der Waals surface area contributed by atoms with Crippen LogP contribution >= 0.6 is 49.6 Å². The molecule has 0 saturated carbocycles. The van der Waals surface area contributed by atoms with E-state index in [9.17, 15) is 0 Å². The molecular weight excluding hydrogens is 252 g/mol. The maximum atomic E-state index is 2.19. The van der Waals surface area contributed by atoms with E-state index in [1.165, 1.54) is 0 Å². The van der Waals surface area contributed by atoms with E-state index in [-0.39, 0.29) is 49.6 Å². The standard InChI is InChI=1S/C2H9GeN.4ClH/c1-4(2)3;;;;/h1-3H3;4*1H. The van der Waals surface area contributed by atoms with Crippen LogP contribution in [0.2, 0.25) is 0 Å². The molecular formula is C2H13Cl4GeN. The zero-order chi connectivity index (χ0) is 3.58. The van der Waals surface area contributed by atoms with E-state index in [0.29, 0.717) is 0 Å². The van der Waals surface area contributed by atoms with Crippen LogP contribution in [-0.4, -0.2) is 34.7 Å². The Balaban J connectivity index is -0.00000000750. The van der Waals surface area contributed by atoms with E-state index in [0.717, 1.165) is 16.7 Å². The van der Waals surface area contributed by atoms with Gasteiger partial charge in [-0.2, -0.15) is 0 Å². The summed E-state index contributed by atoms with van der Waals surface area (Å²) >= 11 is 0.896. The van der Waals surface area contributed by atoms with Crippen molar-refractivity contribution in [3.63, 3.8) is 0 Å². The molecule has 0 bridgehead atoms. The van der Waals surface area contributed by atoms with Crippen LogP contribution in [0.1, 0.15) is 0 Å². The van der Waals surface area contributed by atoms with Crippen LogP contribution in [0, 0.1) is 0 Å². The summed E-state index contributed by atoms with van der Waals surface area (Å²) < 4.78 is 2.19. The average molecular weight is 266 g/mol. The number of hydrogen-bond donors (Lipinski definition) is 0. The van der Waals surface area contributed by atoms with Crippen LogP contribution in [0.5, 0.6) is 0 Å². The van der Waals surface area contributed by atoms with Crippen LogP contribution in [0.4, 0.5) is 0 Å². The van der Waals surface area contributed by atoms with Crippen molar-refractivity contribution in [3.8, 4) is 0 Å². The van der Waals surface area contributed by atoms with Gasteiger partial charge >= 0.3 is 34.7 Å². The van der Waals surface area contributed by atoms with E-state index >= 15 is 0 Å². The molecule has 0 unspecified atom stereocenters. The molecule has 0 amide bonds. The van der Waals surface area contributed by atoms with Crippen molar-refractivity contribution in [1.82, 2.24) is 3.86 Å². The van der Waals surface area contributed by atoms with Crippen LogP contribution in [-0.2, 0) is 0 Å². The maximum Gasteiger partial charge on any atom is -0.147 e. The van der Waals surface area contributed by atoms with E-state index in [1.54, 1.807) is 0 Å². The topological polar surface area (TPSA) is 3.24 Å². The smallest absolute Gasteiger partial charge is 0.147 e. The minimum absolute atomic E-state index is 0. The summed E-state index contributed by atoms with van der Waals surface area (Å²) in [7, 11) is 4.17. The first-order valence-electron chi connectivity index (χ1n) is 1.34. The minimum atomic E-state index is 0. The first-order chi connectivity index (χ1) is 1.73. The molecule has 0 atom stereocenters. The van der Waals surface area contributed by atoms with Gasteiger partial charge in [0.25, 0.3) is 0 Å². The first kappa shape index (κ1) is 33.4. The number of hydrogen-bond acceptors (Lipinski definition) is 1. The third-order valence-electron chi connectivity index (χ3n) is 0. The fraction of sp³-hybridized carbons (Fsp3) is 1.00. The molecule has 1 nitrogen and oxygen atoms in total. The van der Waals surface area contributed by atoms with Crippen LogP contribution in [0.25, 0.3) is 0 Å². The molecule has 0 rings (SSSR count). The molecule has 0 aliphatic rings. The van der Waals surface area contributed by atoms with Gasteiger partial charge in [-0.05, 0) is 0 Å². The van der Waals surface area contributed by atoms with Crippen LogP contribution < -0.4 is 0 Å². The molecule has 8 heavy (non-hydrogen) atoms. The summed E-state index contributed by atoms with van der Waals surface area (Å²) in [5.74, 6) is 0. The fourth-order valence-electron chi connectivity index (χ4n) is 0. The fourth-order valence-corrected chi connectivity index (χ4v) is 0. The summed E-state index contributed by atoms with van der Waals surface area (Å²) in [6.07, 6.45) is 0. The van der Waals surface area contributed by atoms with Crippen molar-refractivity contribution in [2.24, 2.45) is 0 Å². The number of rotatable bonds is 0. The van der Waals surface area contributed by atoms with Gasteiger partial charge in [0.1, 0.15) is 0 Å². The van der Waals surface area contributed by atoms with E-state index in [1.807, 2.05) is 0 Å². The number of nitrogens with zero attached hydrogens (tertiary/aromatic N) is 1. The second-order valence-electron chi connectivity index (χ2n) is 1.34. The molecule has 0 N–H and O–H groups in total. The molecule has 0 spiro atoms. The summed E-state index contributed by atoms with van der Waals surface area (Å²) in [6.45, 7) is 0. The van der Waals surface area contributed by atoms with Gasteiger partial charge in [0, 0.05) is 0 Å². The summed E-state index contributed by atoms with van der Waals surface area (Å²) in [5.41, 5.74) is 0. The normalized spacial score (nSPS) is 4.88. The molecule has 0 fully saturated rings. The predicted molar refractivity (Wildman–Crippen MR) is 52.6 cm³/mol. The third kappa shape index (κ3) is 123. The van der Waals surface area contributed by atoms with Gasteiger partial charge in [0.2, 0.25) is 0 Å². The molecule has 6 heteroatoms. The second kappa shape index (κ2) is 23.4. The van der Waals surface area contributed by atoms with Crippen molar-refractivity contribution in [1.29, 1.82) is 0 Å². The van der Waals surface area contributed by atoms with Gasteiger partial charge in [0.15, 0.2) is 0 Å². The summed E-state index contributed by atoms with van der Waals surface area (Å²) in [4.78, 5) is 0. The Labute approximate surface area is 84.0 Å². The molecule has 0 heterocycles. The molecule has 0 aliphatic heterocycles. The largest absolute Gasteiger partial charge is 0.147 e. The molecule has 0 aromatic carbocycles. The van der Waals surface area contributed by atoms with Crippen molar-refractivity contribution in [3.05, 3.63) is 0 Å². The quantitative estimate of drug-likeness (QED) is 0.577. The van der Waals surface area contributed by atoms with E-state index in [4.69, 9.17) is 0 Å². The Morgan fingerprint density at radius 2 is 0.875 bits per heavy atom. The van der Waals surface area contributed by atoms with E-state index < -0.39 is 0 Å². The SMILES string of the molecule is C[N](C)[GeH3].Cl.Cl.Cl.Cl. The van der Waals surface area contributed by atoms with Crippen LogP contribution in [0.3, 0.4) is 0 Å². The molecule has 0 radical (unpaired) electrons. The summed E-state index contributed by atoms with van der Waals surface area (Å²) in [5, 5.41) is 0. The molecule has 0 aromatic rings.